The van der Waals surface area contributed by atoms with E-state index in [4.69, 9.17) is 9.72 Å². The minimum Gasteiger partial charge on any atom is -0.475 e. The second-order valence-corrected chi connectivity index (χ2v) is 10.9. The van der Waals surface area contributed by atoms with E-state index in [1.54, 1.807) is 0 Å². The molecule has 0 unspecified atom stereocenters. The van der Waals surface area contributed by atoms with Crippen molar-refractivity contribution < 1.29 is 9.53 Å². The summed E-state index contributed by atoms with van der Waals surface area (Å²) in [7, 11) is 0. The van der Waals surface area contributed by atoms with E-state index in [0.29, 0.717) is 5.88 Å². The zero-order valence-electron chi connectivity index (χ0n) is 20.6. The number of likely N-dealkylation sites (N-methyl/N-ethyl adjacent to an activating group) is 1. The van der Waals surface area contributed by atoms with E-state index < -0.39 is 0 Å². The van der Waals surface area contributed by atoms with E-state index in [2.05, 4.69) is 33.2 Å². The summed E-state index contributed by atoms with van der Waals surface area (Å²) in [6, 6.07) is 6.07. The number of amides is 1. The van der Waals surface area contributed by atoms with Crippen molar-refractivity contribution in [3.8, 4) is 28.4 Å². The molecule has 7 rings (SSSR count). The van der Waals surface area contributed by atoms with Crippen LogP contribution in [0.4, 0.5) is 0 Å². The Labute approximate surface area is 205 Å². The fourth-order valence-electron chi connectivity index (χ4n) is 6.57. The number of carbonyl (C=O) groups excluding carboxylic acids is 1. The van der Waals surface area contributed by atoms with Crippen LogP contribution < -0.4 is 10.1 Å². The fourth-order valence-corrected chi connectivity index (χ4v) is 6.57. The average molecular weight is 470 g/mol. The van der Waals surface area contributed by atoms with Gasteiger partial charge in [-0.1, -0.05) is 6.92 Å². The molecular formula is C28H31N5O2. The Morgan fingerprint density at radius 3 is 2.66 bits per heavy atom. The molecule has 0 atom stereocenters. The lowest BCUT2D eigenvalue weighted by Gasteiger charge is -2.56. The number of nitrogens with one attached hydrogen (secondary N) is 2. The number of aryl methyl sites for hydroxylation is 1. The molecule has 180 valence electrons. The van der Waals surface area contributed by atoms with Gasteiger partial charge in [-0.25, -0.2) is 4.98 Å². The molecule has 0 radical (unpaired) electrons. The summed E-state index contributed by atoms with van der Waals surface area (Å²) in [6.45, 7) is 9.28. The van der Waals surface area contributed by atoms with Gasteiger partial charge < -0.3 is 19.9 Å². The van der Waals surface area contributed by atoms with Gasteiger partial charge in [0.1, 0.15) is 0 Å². The Hall–Kier alpha value is -3.19. The molecule has 3 aromatic rings. The van der Waals surface area contributed by atoms with Gasteiger partial charge in [0, 0.05) is 48.4 Å². The van der Waals surface area contributed by atoms with Crippen molar-refractivity contribution in [2.24, 2.45) is 0 Å². The van der Waals surface area contributed by atoms with Crippen LogP contribution in [0, 0.1) is 0 Å². The van der Waals surface area contributed by atoms with Crippen molar-refractivity contribution in [3.05, 3.63) is 53.0 Å². The predicted molar refractivity (Wildman–Crippen MR) is 134 cm³/mol. The molecule has 7 heteroatoms. The van der Waals surface area contributed by atoms with Crippen LogP contribution in [0.25, 0.3) is 22.5 Å². The second kappa shape index (κ2) is 7.17. The van der Waals surface area contributed by atoms with Crippen LogP contribution in [0.5, 0.6) is 5.88 Å². The minimum atomic E-state index is -0.0616. The van der Waals surface area contributed by atoms with Crippen molar-refractivity contribution in [2.75, 3.05) is 19.6 Å². The summed E-state index contributed by atoms with van der Waals surface area (Å²) in [5, 5.41) is 3.46. The van der Waals surface area contributed by atoms with Gasteiger partial charge in [0.05, 0.1) is 34.0 Å². The van der Waals surface area contributed by atoms with E-state index in [0.717, 1.165) is 73.4 Å². The van der Waals surface area contributed by atoms with E-state index in [1.807, 2.05) is 38.4 Å². The lowest BCUT2D eigenvalue weighted by atomic mass is 9.65. The molecule has 5 heterocycles. The highest BCUT2D eigenvalue weighted by atomic mass is 16.5. The third kappa shape index (κ3) is 2.91. The number of rotatable bonds is 4. The highest BCUT2D eigenvalue weighted by Gasteiger charge is 2.69. The first kappa shape index (κ1) is 21.1. The number of ether oxygens (including phenoxy) is 1. The number of fused-ring (bicyclic) bond motifs is 7. The van der Waals surface area contributed by atoms with Crippen molar-refractivity contribution in [1.82, 2.24) is 25.2 Å². The normalized spacial score (nSPS) is 20.7. The number of aromatic nitrogens is 3. The van der Waals surface area contributed by atoms with Gasteiger partial charge in [-0.2, -0.15) is 0 Å². The van der Waals surface area contributed by atoms with Gasteiger partial charge in [0.15, 0.2) is 0 Å². The fraction of sp³-hybridized carbons (Fsp3) is 0.464. The van der Waals surface area contributed by atoms with Crippen molar-refractivity contribution in [1.29, 1.82) is 0 Å². The van der Waals surface area contributed by atoms with E-state index >= 15 is 0 Å². The van der Waals surface area contributed by atoms with Crippen LogP contribution in [-0.4, -0.2) is 57.0 Å². The van der Waals surface area contributed by atoms with Gasteiger partial charge in [0.25, 0.3) is 5.91 Å². The van der Waals surface area contributed by atoms with Gasteiger partial charge in [0.2, 0.25) is 5.88 Å². The van der Waals surface area contributed by atoms with E-state index in [-0.39, 0.29) is 23.0 Å². The van der Waals surface area contributed by atoms with Crippen molar-refractivity contribution in [2.45, 2.75) is 63.5 Å². The Kier molecular flexibility index (Phi) is 4.32. The molecule has 2 fully saturated rings. The standard InChI is InChI=1S/C28H31N5O2/c1-4-33-14-27(15-33)25-23(26(34)32-28(27)9-10-28)19-7-5-17-12-29-21(11-20(17)24(19)31-25)18-6-8-22(30-13-18)35-16(2)3/h6,8,11-13,16,31H,4-5,7,9-10,14-15H2,1-3H3,(H,32,34). The van der Waals surface area contributed by atoms with Crippen LogP contribution in [-0.2, 0) is 18.3 Å². The Morgan fingerprint density at radius 1 is 1.14 bits per heavy atom. The quantitative estimate of drug-likeness (QED) is 0.606. The Balaban J connectivity index is 1.31. The molecule has 1 saturated carbocycles. The summed E-state index contributed by atoms with van der Waals surface area (Å²) in [4.78, 5) is 28.9. The van der Waals surface area contributed by atoms with Crippen LogP contribution in [0.3, 0.4) is 0 Å². The first-order valence-corrected chi connectivity index (χ1v) is 12.9. The first-order valence-electron chi connectivity index (χ1n) is 12.9. The lowest BCUT2D eigenvalue weighted by Crippen LogP contribution is -2.72. The van der Waals surface area contributed by atoms with Crippen molar-refractivity contribution in [3.63, 3.8) is 0 Å². The number of aromatic amines is 1. The Bertz CT molecular complexity index is 1350. The van der Waals surface area contributed by atoms with E-state index in [1.165, 1.54) is 16.8 Å². The number of hydrogen-bond acceptors (Lipinski definition) is 5. The zero-order chi connectivity index (χ0) is 23.9. The Morgan fingerprint density at radius 2 is 1.97 bits per heavy atom. The highest BCUT2D eigenvalue weighted by molar-refractivity contribution is 6.02. The number of likely N-dealkylation sites (tertiary alicyclic amines) is 1. The molecule has 1 amide bonds. The number of hydrogen-bond donors (Lipinski definition) is 2. The monoisotopic (exact) mass is 469 g/mol. The summed E-state index contributed by atoms with van der Waals surface area (Å²) < 4.78 is 5.69. The molecule has 2 spiro atoms. The molecule has 2 aliphatic carbocycles. The maximum atomic E-state index is 13.4. The predicted octanol–water partition coefficient (Wildman–Crippen LogP) is 3.87. The number of nitrogens with zero attached hydrogens (tertiary/aromatic N) is 3. The third-order valence-electron chi connectivity index (χ3n) is 8.55. The summed E-state index contributed by atoms with van der Waals surface area (Å²) >= 11 is 0. The highest BCUT2D eigenvalue weighted by Crippen LogP contribution is 2.59. The number of carbonyl (C=O) groups is 1. The first-order chi connectivity index (χ1) is 16.9. The molecule has 2 N–H and O–H groups in total. The SMILES string of the molecule is CCN1CC2(C1)c1[nH]c3c(c1C(=O)NC21CC1)CCc1cnc(-c2ccc(OC(C)C)nc2)cc1-3. The molecule has 1 saturated heterocycles. The van der Waals surface area contributed by atoms with Gasteiger partial charge in [-0.15, -0.1) is 0 Å². The minimum absolute atomic E-state index is 0.00970. The van der Waals surface area contributed by atoms with Gasteiger partial charge in [-0.05, 0) is 69.3 Å². The van der Waals surface area contributed by atoms with Crippen LogP contribution in [0.1, 0.15) is 60.8 Å². The summed E-state index contributed by atoms with van der Waals surface area (Å²) in [6.07, 6.45) is 7.82. The maximum absolute atomic E-state index is 13.4. The summed E-state index contributed by atoms with van der Waals surface area (Å²) in [5.74, 6) is 0.728. The van der Waals surface area contributed by atoms with E-state index in [9.17, 15) is 4.79 Å². The molecular weight excluding hydrogens is 438 g/mol. The maximum Gasteiger partial charge on any atom is 0.253 e. The van der Waals surface area contributed by atoms with Gasteiger partial charge in [-0.3, -0.25) is 9.78 Å². The molecule has 0 bridgehead atoms. The molecule has 35 heavy (non-hydrogen) atoms. The number of pyridine rings is 2. The average Bonchev–Trinajstić information content (AvgIpc) is 3.46. The van der Waals surface area contributed by atoms with Gasteiger partial charge >= 0.3 is 0 Å². The smallest absolute Gasteiger partial charge is 0.253 e. The lowest BCUT2D eigenvalue weighted by molar-refractivity contribution is 0.0199. The topological polar surface area (TPSA) is 83.1 Å². The molecule has 7 nitrogen and oxygen atoms in total. The largest absolute Gasteiger partial charge is 0.475 e. The van der Waals surface area contributed by atoms with Crippen molar-refractivity contribution >= 4 is 5.91 Å². The molecule has 4 aliphatic rings. The molecule has 0 aromatic carbocycles. The van der Waals surface area contributed by atoms with Crippen LogP contribution >= 0.6 is 0 Å². The van der Waals surface area contributed by atoms with Crippen LogP contribution in [0.2, 0.25) is 0 Å². The summed E-state index contributed by atoms with van der Waals surface area (Å²) in [5.41, 5.74) is 8.54. The zero-order valence-corrected chi connectivity index (χ0v) is 20.6. The number of H-pyrrole nitrogens is 1. The molecule has 3 aromatic heterocycles. The molecule has 2 aliphatic heterocycles. The third-order valence-corrected chi connectivity index (χ3v) is 8.55. The second-order valence-electron chi connectivity index (χ2n) is 10.9. The van der Waals surface area contributed by atoms with Crippen LogP contribution in [0.15, 0.2) is 30.6 Å².